The summed E-state index contributed by atoms with van der Waals surface area (Å²) in [4.78, 5) is 115. The maximum atomic E-state index is 14.7. The van der Waals surface area contributed by atoms with Crippen molar-refractivity contribution in [2.45, 2.75) is 61.2 Å². The summed E-state index contributed by atoms with van der Waals surface area (Å²) in [6.45, 7) is 18.2. The van der Waals surface area contributed by atoms with Crippen LogP contribution in [0, 0.1) is 40.4 Å². The second kappa shape index (κ2) is 43.3. The molecule has 3 aliphatic rings. The Labute approximate surface area is 575 Å². The molecule has 9 heterocycles. The van der Waals surface area contributed by atoms with E-state index in [0.717, 1.165) is 51.4 Å². The predicted molar refractivity (Wildman–Crippen MR) is 330 cm³/mol. The van der Waals surface area contributed by atoms with Crippen molar-refractivity contribution in [2.24, 2.45) is 0 Å². The van der Waals surface area contributed by atoms with Crippen LogP contribution >= 0.6 is 46.1 Å². The standard InChI is InChI=1S/C16H17FN6OS.C12H15ClFN3O.C12H17FN4O.C6H3ClFNO.C5H3ClFN.C4H6O4.C2H3BO2.Na/c1-11(24)23-6-4-22(5-7-23)10-12-2-3-19-15(14(12)17)21-16-20-9-13(8-18)25-16;1-9(18)17-6-4-16(5-7-17)8-10-2-3-15-12(13)11(10)14;1-9(18)17-6-4-16(5-7-17)8-10-2-3-15-12(14)11(10)13;7-6-5(8)4(3-10)1-2-9-6;6-5-4(7)2-1-3-8-5;1-3(5)7-8-4(2)6;1-2(4)5-3;/h2-3,9H,4-7,10H2,1H3,(H,19,20,21);2-3H,4-8H2,1H3;2-3H,4-8H2,1H3,(H2,14,15);1-3H;1-3H;1-2H3;1H3;/q;;;;;;-1;+1. The van der Waals surface area contributed by atoms with E-state index < -0.39 is 47.0 Å². The van der Waals surface area contributed by atoms with Crippen LogP contribution in [0.5, 0.6) is 0 Å². The third kappa shape index (κ3) is 30.4. The van der Waals surface area contributed by atoms with Gasteiger partial charge in [-0.1, -0.05) is 46.1 Å². The van der Waals surface area contributed by atoms with E-state index in [0.29, 0.717) is 105 Å². The van der Waals surface area contributed by atoms with Crippen LogP contribution in [0.3, 0.4) is 0 Å². The molecule has 6 aromatic heterocycles. The zero-order valence-corrected chi connectivity index (χ0v) is 56.7. The van der Waals surface area contributed by atoms with E-state index >= 15 is 0 Å². The van der Waals surface area contributed by atoms with Crippen LogP contribution in [-0.2, 0) is 62.8 Å². The number of nitrogen functional groups attached to an aromatic ring is 1. The number of carbonyl (C=O) groups excluding carboxylic acids is 7. The van der Waals surface area contributed by atoms with Gasteiger partial charge in [0.1, 0.15) is 10.9 Å². The zero-order valence-electron chi connectivity index (χ0n) is 51.6. The van der Waals surface area contributed by atoms with Gasteiger partial charge in [-0.2, -0.15) is 5.26 Å². The minimum Gasteiger partial charge on any atom is -0.793 e. The number of rotatable bonds is 9. The smallest absolute Gasteiger partial charge is 0.793 e. The van der Waals surface area contributed by atoms with Crippen molar-refractivity contribution in [3.63, 3.8) is 0 Å². The van der Waals surface area contributed by atoms with Gasteiger partial charge in [0.05, 0.1) is 11.8 Å². The maximum absolute atomic E-state index is 14.7. The van der Waals surface area contributed by atoms with Gasteiger partial charge in [-0.15, -0.1) is 0 Å². The third-order valence-electron chi connectivity index (χ3n) is 12.5. The summed E-state index contributed by atoms with van der Waals surface area (Å²) in [6, 6.07) is 10.9. The number of nitrogens with zero attached hydrogens (tertiary/aromatic N) is 13. The van der Waals surface area contributed by atoms with Crippen LogP contribution in [-0.4, -0.2) is 188 Å². The molecule has 0 aliphatic carbocycles. The fraction of sp³-hybridized carbons (Fsp3) is 0.368. The first-order valence-corrected chi connectivity index (χ1v) is 29.2. The van der Waals surface area contributed by atoms with Crippen molar-refractivity contribution in [1.29, 1.82) is 5.26 Å². The Morgan fingerprint density at radius 1 is 0.581 bits per heavy atom. The molecule has 3 saturated heterocycles. The molecular formula is C57H64BCl3F5N15NaO10S. The molecule has 6 aromatic rings. The van der Waals surface area contributed by atoms with E-state index in [1.807, 2.05) is 6.07 Å². The molecule has 0 bridgehead atoms. The molecule has 93 heavy (non-hydrogen) atoms. The molecule has 0 unspecified atom stereocenters. The summed E-state index contributed by atoms with van der Waals surface area (Å²) < 4.78 is 70.4. The molecule has 3 radical (unpaired) electrons. The number of amides is 3. The van der Waals surface area contributed by atoms with E-state index in [1.165, 1.54) is 56.1 Å². The summed E-state index contributed by atoms with van der Waals surface area (Å²) >= 11 is 17.3. The molecule has 0 aromatic carbocycles. The van der Waals surface area contributed by atoms with Crippen LogP contribution < -0.4 is 40.6 Å². The molecule has 493 valence electrons. The number of nitriles is 1. The Kier molecular flexibility index (Phi) is 38.0. The molecule has 3 fully saturated rings. The topological polar surface area (TPSA) is 306 Å². The van der Waals surface area contributed by atoms with Gasteiger partial charge in [0.15, 0.2) is 67.6 Å². The summed E-state index contributed by atoms with van der Waals surface area (Å²) in [6.07, 6.45) is 9.10. The van der Waals surface area contributed by atoms with Gasteiger partial charge in [-0.3, -0.25) is 38.7 Å². The van der Waals surface area contributed by atoms with E-state index in [4.69, 9.17) is 45.8 Å². The molecule has 3 N–H and O–H groups in total. The number of thiazole rings is 1. The van der Waals surface area contributed by atoms with Crippen LogP contribution in [0.1, 0.15) is 73.5 Å². The minimum absolute atomic E-state index is 0. The van der Waals surface area contributed by atoms with Crippen molar-refractivity contribution < 1.29 is 99.5 Å². The number of nitrogens with one attached hydrogen (secondary N) is 1. The van der Waals surface area contributed by atoms with E-state index in [9.17, 15) is 55.5 Å². The Morgan fingerprint density at radius 2 is 0.978 bits per heavy atom. The largest absolute Gasteiger partial charge is 1.00 e. The number of piperazine rings is 3. The average molecular weight is 1390 g/mol. The van der Waals surface area contributed by atoms with Gasteiger partial charge in [0, 0.05) is 187 Å². The monoisotopic (exact) mass is 1380 g/mol. The summed E-state index contributed by atoms with van der Waals surface area (Å²) in [5, 5.41) is 11.6. The second-order valence-electron chi connectivity index (χ2n) is 19.1. The average Bonchev–Trinajstić information content (AvgIpc) is 1.86. The summed E-state index contributed by atoms with van der Waals surface area (Å²) in [5.74, 6) is -4.01. The van der Waals surface area contributed by atoms with Crippen molar-refractivity contribution >= 4 is 113 Å². The molecular weight excluding hydrogens is 1320 g/mol. The maximum Gasteiger partial charge on any atom is 1.00 e. The molecule has 36 heteroatoms. The molecule has 3 aliphatic heterocycles. The number of nitrogens with two attached hydrogens (primary N) is 1. The van der Waals surface area contributed by atoms with Crippen LogP contribution in [0.15, 0.2) is 73.6 Å². The van der Waals surface area contributed by atoms with Gasteiger partial charge in [0.2, 0.25) is 23.7 Å². The van der Waals surface area contributed by atoms with Crippen LogP contribution in [0.25, 0.3) is 0 Å². The number of hydrogen-bond donors (Lipinski definition) is 2. The van der Waals surface area contributed by atoms with Crippen LogP contribution in [0.2, 0.25) is 15.5 Å². The third-order valence-corrected chi connectivity index (χ3v) is 14.1. The van der Waals surface area contributed by atoms with Gasteiger partial charge >= 0.3 is 41.5 Å². The van der Waals surface area contributed by atoms with Crippen molar-refractivity contribution in [3.8, 4) is 6.07 Å². The number of carbonyl (C=O) groups is 7. The number of hydrogen-bond acceptors (Lipinski definition) is 23. The van der Waals surface area contributed by atoms with Gasteiger partial charge in [-0.25, -0.2) is 71.2 Å². The first-order chi connectivity index (χ1) is 43.7. The van der Waals surface area contributed by atoms with E-state index in [2.05, 4.69) is 72.4 Å². The fourth-order valence-corrected chi connectivity index (χ4v) is 8.85. The normalized spacial score (nSPS) is 13.4. The number of aromatic nitrogens is 6. The van der Waals surface area contributed by atoms with Crippen molar-refractivity contribution in [2.75, 3.05) is 89.6 Å². The van der Waals surface area contributed by atoms with E-state index in [1.54, 1.807) is 59.9 Å². The summed E-state index contributed by atoms with van der Waals surface area (Å²) in [5.41, 5.74) is 7.00. The predicted octanol–water partition coefficient (Wildman–Crippen LogP) is 4.19. The molecule has 9 rings (SSSR count). The molecule has 3 amide bonds. The first kappa shape index (κ1) is 81.5. The first-order valence-electron chi connectivity index (χ1n) is 27.3. The van der Waals surface area contributed by atoms with E-state index in [-0.39, 0.29) is 79.9 Å². The van der Waals surface area contributed by atoms with Crippen molar-refractivity contribution in [1.82, 2.24) is 59.3 Å². The van der Waals surface area contributed by atoms with Crippen LogP contribution in [0.4, 0.5) is 38.7 Å². The Hall–Kier alpha value is -7.58. The SMILES string of the molecule is CC(=O)N1CCN(Cc2ccnc(Cl)c2F)CC1.CC(=O)N1CCN(Cc2ccnc(N)c2F)CC1.CC(=O)N1CCN(Cc2ccnc(Nc3ncc(C#N)s3)c2F)CC1.CC(=O)OOC(C)=O.Fc1cccnc1Cl.O=Cc1ccnc(Cl)c1F.[B-]OC(C)=O.[Na+]. The number of halogens is 8. The van der Waals surface area contributed by atoms with Gasteiger partial charge in [-0.05, 0) is 36.4 Å². The fourth-order valence-electron chi connectivity index (χ4n) is 7.77. The molecule has 25 nitrogen and oxygen atoms in total. The number of aldehydes is 1. The molecule has 0 atom stereocenters. The minimum atomic E-state index is -0.765. The van der Waals surface area contributed by atoms with Gasteiger partial charge < -0.3 is 38.5 Å². The molecule has 0 saturated carbocycles. The van der Waals surface area contributed by atoms with Gasteiger partial charge in [0.25, 0.3) is 0 Å². The Balaban J connectivity index is 0.000000390. The quantitative estimate of drug-likeness (QED) is 0.0512. The Morgan fingerprint density at radius 3 is 1.34 bits per heavy atom. The number of pyridine rings is 5. The number of anilines is 3. The second-order valence-corrected chi connectivity index (χ2v) is 21.3. The molecule has 0 spiro atoms. The van der Waals surface area contributed by atoms with Crippen molar-refractivity contribution in [3.05, 3.63) is 145 Å². The summed E-state index contributed by atoms with van der Waals surface area (Å²) in [7, 11) is 4.32. The Bertz CT molecular complexity index is 3350. The zero-order chi connectivity index (χ0) is 68.5.